The largest absolute Gasteiger partial charge is 0.466 e. The van der Waals surface area contributed by atoms with Crippen LogP contribution in [0.3, 0.4) is 0 Å². The van der Waals surface area contributed by atoms with Gasteiger partial charge in [0.1, 0.15) is 0 Å². The van der Waals surface area contributed by atoms with Crippen LogP contribution >= 0.6 is 0 Å². The average Bonchev–Trinajstić information content (AvgIpc) is 3.44. The van der Waals surface area contributed by atoms with E-state index in [4.69, 9.17) is 4.74 Å². The van der Waals surface area contributed by atoms with Crippen LogP contribution in [0.4, 0.5) is 0 Å². The number of nitrogens with one attached hydrogen (secondary N) is 1. The fraction of sp³-hybridized carbons (Fsp3) is 0.889. The molecule has 0 aliphatic rings. The number of hydrogen-bond donors (Lipinski definition) is 3. The number of carbonyl (C=O) groups excluding carboxylic acids is 2. The number of carbonyl (C=O) groups is 2. The van der Waals surface area contributed by atoms with E-state index in [9.17, 15) is 19.8 Å². The summed E-state index contributed by atoms with van der Waals surface area (Å²) < 4.78 is 5.49. The molecule has 6 heteroatoms. The second-order valence-corrected chi connectivity index (χ2v) is 24.2. The fourth-order valence-electron chi connectivity index (χ4n) is 11.0. The van der Waals surface area contributed by atoms with E-state index in [1.54, 1.807) is 6.08 Å². The lowest BCUT2D eigenvalue weighted by molar-refractivity contribution is -0.143. The minimum absolute atomic E-state index is 0.0219. The monoisotopic (exact) mass is 1100 g/mol. The summed E-state index contributed by atoms with van der Waals surface area (Å²) in [6.07, 6.45) is 86.9. The molecule has 6 nitrogen and oxygen atoms in total. The summed E-state index contributed by atoms with van der Waals surface area (Å²) in [7, 11) is 0. The number of aliphatic hydroxyl groups excluding tert-OH is 2. The summed E-state index contributed by atoms with van der Waals surface area (Å²) >= 11 is 0. The Bertz CT molecular complexity index is 1260. The highest BCUT2D eigenvalue weighted by Crippen LogP contribution is 2.18. The van der Waals surface area contributed by atoms with E-state index >= 15 is 0 Å². The molecular formula is C72H137NO5. The highest BCUT2D eigenvalue weighted by molar-refractivity contribution is 5.76. The molecule has 0 rings (SSSR count). The summed E-state index contributed by atoms with van der Waals surface area (Å²) in [6, 6.07) is -0.623. The quantitative estimate of drug-likeness (QED) is 0.0320. The lowest BCUT2D eigenvalue weighted by Crippen LogP contribution is -2.45. The summed E-state index contributed by atoms with van der Waals surface area (Å²) in [5.41, 5.74) is 0. The van der Waals surface area contributed by atoms with Crippen molar-refractivity contribution in [1.82, 2.24) is 5.32 Å². The Morgan fingerprint density at radius 3 is 0.974 bits per heavy atom. The minimum Gasteiger partial charge on any atom is -0.466 e. The Kier molecular flexibility index (Phi) is 65.9. The highest BCUT2D eigenvalue weighted by Gasteiger charge is 2.18. The highest BCUT2D eigenvalue weighted by atomic mass is 16.5. The van der Waals surface area contributed by atoms with Crippen molar-refractivity contribution in [3.63, 3.8) is 0 Å². The molecule has 0 radical (unpaired) electrons. The van der Waals surface area contributed by atoms with Gasteiger partial charge in [0.25, 0.3) is 0 Å². The van der Waals surface area contributed by atoms with Gasteiger partial charge in [0.05, 0.1) is 25.4 Å². The number of esters is 1. The minimum atomic E-state index is -0.840. The van der Waals surface area contributed by atoms with Gasteiger partial charge in [-0.2, -0.15) is 0 Å². The smallest absolute Gasteiger partial charge is 0.305 e. The van der Waals surface area contributed by atoms with Crippen LogP contribution in [0.25, 0.3) is 0 Å². The van der Waals surface area contributed by atoms with Gasteiger partial charge in [-0.25, -0.2) is 0 Å². The Morgan fingerprint density at radius 2 is 0.641 bits per heavy atom. The zero-order chi connectivity index (χ0) is 56.4. The second kappa shape index (κ2) is 67.6. The van der Waals surface area contributed by atoms with Gasteiger partial charge in [-0.05, 0) is 64.2 Å². The first-order valence-corrected chi connectivity index (χ1v) is 35.3. The normalized spacial score (nSPS) is 12.7. The van der Waals surface area contributed by atoms with Gasteiger partial charge in [-0.15, -0.1) is 0 Å². The maximum atomic E-state index is 12.4. The van der Waals surface area contributed by atoms with E-state index in [0.717, 1.165) is 44.9 Å². The molecule has 460 valence electrons. The van der Waals surface area contributed by atoms with Crippen molar-refractivity contribution in [3.8, 4) is 0 Å². The summed E-state index contributed by atoms with van der Waals surface area (Å²) in [5.74, 6) is -0.0445. The first-order chi connectivity index (χ1) is 38.5. The van der Waals surface area contributed by atoms with Gasteiger partial charge < -0.3 is 20.3 Å². The molecule has 2 atom stereocenters. The van der Waals surface area contributed by atoms with Gasteiger partial charge in [-0.1, -0.05) is 346 Å². The molecule has 0 aromatic heterocycles. The van der Waals surface area contributed by atoms with Crippen LogP contribution in [0.15, 0.2) is 36.5 Å². The standard InChI is InChI=1S/C72H137NO5/c1-3-5-7-9-11-13-14-42-46-50-54-58-62-66-72(77)78-67-63-59-55-51-47-44-41-39-37-35-33-31-29-27-25-23-21-19-17-15-16-18-20-22-24-26-28-30-32-34-36-38-40-43-45-49-53-57-61-65-71(76)73-69(68-74)70(75)64-60-56-52-48-12-10-8-6-4-2/h15-16,19,21,60,64,69-70,74-75H,3-14,17-18,20,22-59,61-63,65-68H2,1-2H3,(H,73,76)/b16-15-,21-19-,64-60+. The topological polar surface area (TPSA) is 95.9 Å². The second-order valence-electron chi connectivity index (χ2n) is 24.2. The molecule has 0 saturated carbocycles. The van der Waals surface area contributed by atoms with Crippen molar-refractivity contribution in [2.24, 2.45) is 0 Å². The lowest BCUT2D eigenvalue weighted by Gasteiger charge is -2.20. The molecule has 0 saturated heterocycles. The molecule has 0 fully saturated rings. The van der Waals surface area contributed by atoms with Crippen molar-refractivity contribution in [3.05, 3.63) is 36.5 Å². The number of hydrogen-bond acceptors (Lipinski definition) is 5. The van der Waals surface area contributed by atoms with Gasteiger partial charge in [0.15, 0.2) is 0 Å². The van der Waals surface area contributed by atoms with E-state index in [0.29, 0.717) is 19.4 Å². The molecule has 0 aliphatic carbocycles. The van der Waals surface area contributed by atoms with Crippen LogP contribution in [0.1, 0.15) is 386 Å². The molecule has 0 bridgehead atoms. The van der Waals surface area contributed by atoms with Gasteiger partial charge in [0, 0.05) is 12.8 Å². The molecule has 0 aromatic rings. The van der Waals surface area contributed by atoms with Crippen LogP contribution in [0, 0.1) is 0 Å². The van der Waals surface area contributed by atoms with Crippen molar-refractivity contribution in [2.75, 3.05) is 13.2 Å². The number of allylic oxidation sites excluding steroid dienone is 5. The maximum absolute atomic E-state index is 12.4. The van der Waals surface area contributed by atoms with E-state index in [1.807, 2.05) is 6.08 Å². The number of rotatable bonds is 66. The molecule has 78 heavy (non-hydrogen) atoms. The zero-order valence-electron chi connectivity index (χ0n) is 52.7. The Morgan fingerprint density at radius 1 is 0.359 bits per heavy atom. The van der Waals surface area contributed by atoms with E-state index in [1.165, 1.54) is 315 Å². The third-order valence-corrected chi connectivity index (χ3v) is 16.4. The third-order valence-electron chi connectivity index (χ3n) is 16.4. The zero-order valence-corrected chi connectivity index (χ0v) is 52.7. The number of aliphatic hydroxyl groups is 2. The third kappa shape index (κ3) is 63.3. The summed E-state index contributed by atoms with van der Waals surface area (Å²) in [6.45, 7) is 4.90. The average molecular weight is 1100 g/mol. The predicted molar refractivity (Wildman–Crippen MR) is 343 cm³/mol. The predicted octanol–water partition coefficient (Wildman–Crippen LogP) is 22.7. The van der Waals surface area contributed by atoms with E-state index in [-0.39, 0.29) is 18.5 Å². The van der Waals surface area contributed by atoms with Crippen molar-refractivity contribution < 1.29 is 24.5 Å². The SMILES string of the molecule is CCCCCCCCC/C=C/C(O)C(CO)NC(=O)CCCCCCCCCCCCCCCCCCC/C=C\C/C=C\CCCCCCCCCCCCCCCCCOC(=O)CCCCCCCCCCCCCCC. The molecule has 3 N–H and O–H groups in total. The van der Waals surface area contributed by atoms with E-state index in [2.05, 4.69) is 43.5 Å². The summed E-state index contributed by atoms with van der Waals surface area (Å²) in [4.78, 5) is 24.4. The number of unbranched alkanes of at least 4 members (excludes halogenated alkanes) is 51. The van der Waals surface area contributed by atoms with Crippen LogP contribution in [-0.2, 0) is 14.3 Å². The molecule has 0 aliphatic heterocycles. The summed E-state index contributed by atoms with van der Waals surface area (Å²) in [5, 5.41) is 23.0. The number of amides is 1. The Labute approximate surface area is 487 Å². The van der Waals surface area contributed by atoms with Crippen molar-refractivity contribution in [1.29, 1.82) is 0 Å². The van der Waals surface area contributed by atoms with Gasteiger partial charge in [-0.3, -0.25) is 9.59 Å². The van der Waals surface area contributed by atoms with Gasteiger partial charge >= 0.3 is 5.97 Å². The van der Waals surface area contributed by atoms with Crippen molar-refractivity contribution >= 4 is 11.9 Å². The lowest BCUT2D eigenvalue weighted by atomic mass is 10.0. The molecule has 2 unspecified atom stereocenters. The Hall–Kier alpha value is -1.92. The van der Waals surface area contributed by atoms with Crippen LogP contribution < -0.4 is 5.32 Å². The molecule has 0 heterocycles. The Balaban J connectivity index is 3.33. The number of ether oxygens (including phenoxy) is 1. The molecule has 0 aromatic carbocycles. The first kappa shape index (κ1) is 76.1. The van der Waals surface area contributed by atoms with Gasteiger partial charge in [0.2, 0.25) is 5.91 Å². The van der Waals surface area contributed by atoms with Crippen molar-refractivity contribution in [2.45, 2.75) is 398 Å². The van der Waals surface area contributed by atoms with Crippen LogP contribution in [0.2, 0.25) is 0 Å². The van der Waals surface area contributed by atoms with Crippen LogP contribution in [-0.4, -0.2) is 47.4 Å². The van der Waals surface area contributed by atoms with Crippen LogP contribution in [0.5, 0.6) is 0 Å². The molecular weight excluding hydrogens is 959 g/mol. The van der Waals surface area contributed by atoms with E-state index < -0.39 is 12.1 Å². The first-order valence-electron chi connectivity index (χ1n) is 35.3. The molecule has 1 amide bonds. The fourth-order valence-corrected chi connectivity index (χ4v) is 11.0. The molecule has 0 spiro atoms. The maximum Gasteiger partial charge on any atom is 0.305 e.